The molecule has 1 aromatic carbocycles. The normalized spacial score (nSPS) is 11.5. The Kier molecular flexibility index (Phi) is 4.07. The predicted molar refractivity (Wildman–Crippen MR) is 62.5 cm³/mol. The second-order valence-corrected chi connectivity index (χ2v) is 5.51. The highest BCUT2D eigenvalue weighted by atomic mass is 35.5. The first kappa shape index (κ1) is 13.9. The number of hydrogen-bond donors (Lipinski definition) is 0. The van der Waals surface area contributed by atoms with Crippen LogP contribution in [0.4, 0.5) is 5.69 Å². The molecule has 0 aliphatic carbocycles. The van der Waals surface area contributed by atoms with E-state index in [1.165, 1.54) is 19.1 Å². The zero-order chi connectivity index (χ0) is 13.2. The van der Waals surface area contributed by atoms with E-state index in [1.807, 2.05) is 0 Å². The van der Waals surface area contributed by atoms with Crippen molar-refractivity contribution in [1.82, 2.24) is 0 Å². The summed E-state index contributed by atoms with van der Waals surface area (Å²) in [7, 11) is -3.60. The maximum absolute atomic E-state index is 10.8. The van der Waals surface area contributed by atoms with Gasteiger partial charge in [-0.15, -0.1) is 0 Å². The average molecular weight is 280 g/mol. The first-order valence-corrected chi connectivity index (χ1v) is 6.68. The van der Waals surface area contributed by atoms with Gasteiger partial charge in [-0.25, -0.2) is 0 Å². The Bertz CT molecular complexity index is 555. The van der Waals surface area contributed by atoms with Gasteiger partial charge in [0.1, 0.15) is 0 Å². The molecule has 0 atom stereocenters. The van der Waals surface area contributed by atoms with E-state index < -0.39 is 15.0 Å². The minimum absolute atomic E-state index is 0.161. The highest BCUT2D eigenvalue weighted by molar-refractivity contribution is 7.85. The molecule has 8 heteroatoms. The van der Waals surface area contributed by atoms with Crippen molar-refractivity contribution >= 4 is 27.4 Å². The lowest BCUT2D eigenvalue weighted by molar-refractivity contribution is -0.385. The number of hydrogen-bond acceptors (Lipinski definition) is 5. The lowest BCUT2D eigenvalue weighted by Gasteiger charge is -2.07. The number of nitro benzene ring substituents is 1. The van der Waals surface area contributed by atoms with E-state index >= 15 is 0 Å². The molecule has 0 radical (unpaired) electrons. The molecule has 1 aromatic rings. The molecule has 0 saturated heterocycles. The van der Waals surface area contributed by atoms with Crippen LogP contribution in [0.5, 0.6) is 0 Å². The summed E-state index contributed by atoms with van der Waals surface area (Å²) in [6, 6.07) is 2.65. The molecule has 0 spiro atoms. The highest BCUT2D eigenvalue weighted by Crippen LogP contribution is 2.27. The summed E-state index contributed by atoms with van der Waals surface area (Å²) in [4.78, 5) is 10.1. The van der Waals surface area contributed by atoms with Crippen LogP contribution in [0.1, 0.15) is 11.1 Å². The van der Waals surface area contributed by atoms with Gasteiger partial charge in [0.05, 0.1) is 17.8 Å². The van der Waals surface area contributed by atoms with E-state index in [9.17, 15) is 18.5 Å². The first-order chi connectivity index (χ1) is 7.70. The zero-order valence-corrected chi connectivity index (χ0v) is 10.7. The highest BCUT2D eigenvalue weighted by Gasteiger charge is 2.16. The summed E-state index contributed by atoms with van der Waals surface area (Å²) >= 11 is 5.71. The molecule has 0 bridgehead atoms. The van der Waals surface area contributed by atoms with Crippen LogP contribution in [-0.2, 0) is 20.9 Å². The maximum Gasteiger partial charge on any atom is 0.274 e. The molecule has 0 amide bonds. The molecule has 0 aliphatic rings. The van der Waals surface area contributed by atoms with Crippen LogP contribution in [0.2, 0.25) is 5.02 Å². The van der Waals surface area contributed by atoms with Gasteiger partial charge in [0, 0.05) is 16.7 Å². The molecular weight excluding hydrogens is 270 g/mol. The topological polar surface area (TPSA) is 86.5 Å². The molecule has 0 heterocycles. The molecule has 94 valence electrons. The Hall–Kier alpha value is -1.18. The number of rotatable bonds is 4. The largest absolute Gasteiger partial charge is 0.274 e. The van der Waals surface area contributed by atoms with Gasteiger partial charge >= 0.3 is 0 Å². The number of benzene rings is 1. The Morgan fingerprint density at radius 3 is 2.53 bits per heavy atom. The monoisotopic (exact) mass is 279 g/mol. The van der Waals surface area contributed by atoms with Crippen molar-refractivity contribution in [3.8, 4) is 0 Å². The minimum atomic E-state index is -3.60. The molecule has 17 heavy (non-hydrogen) atoms. The third-order valence-electron chi connectivity index (χ3n) is 2.08. The van der Waals surface area contributed by atoms with E-state index in [0.29, 0.717) is 11.1 Å². The quantitative estimate of drug-likeness (QED) is 0.478. The van der Waals surface area contributed by atoms with Crippen LogP contribution < -0.4 is 0 Å². The fourth-order valence-corrected chi connectivity index (χ4v) is 1.81. The van der Waals surface area contributed by atoms with Crippen molar-refractivity contribution < 1.29 is 17.5 Å². The molecule has 0 fully saturated rings. The molecule has 0 saturated carbocycles. The second-order valence-electron chi connectivity index (χ2n) is 3.43. The van der Waals surface area contributed by atoms with Crippen LogP contribution in [0.3, 0.4) is 0 Å². The number of nitro groups is 1. The van der Waals surface area contributed by atoms with Crippen LogP contribution >= 0.6 is 11.6 Å². The van der Waals surface area contributed by atoms with Gasteiger partial charge in [-0.05, 0) is 18.6 Å². The van der Waals surface area contributed by atoms with Crippen molar-refractivity contribution in [2.24, 2.45) is 0 Å². The van der Waals surface area contributed by atoms with Crippen molar-refractivity contribution in [2.45, 2.75) is 13.5 Å². The molecular formula is C9H10ClNO5S. The third-order valence-corrected chi connectivity index (χ3v) is 2.84. The SMILES string of the molecule is Cc1c(COS(C)(=O)=O)cc(Cl)cc1[N+](=O)[O-]. The van der Waals surface area contributed by atoms with Crippen LogP contribution in [0, 0.1) is 17.0 Å². The predicted octanol–water partition coefficient (Wildman–Crippen LogP) is 2.03. The zero-order valence-electron chi connectivity index (χ0n) is 9.14. The van der Waals surface area contributed by atoms with E-state index in [4.69, 9.17) is 11.6 Å². The Morgan fingerprint density at radius 1 is 1.47 bits per heavy atom. The summed E-state index contributed by atoms with van der Waals surface area (Å²) in [5.74, 6) is 0. The van der Waals surface area contributed by atoms with E-state index in [2.05, 4.69) is 4.18 Å². The summed E-state index contributed by atoms with van der Waals surface area (Å²) in [5.41, 5.74) is 0.544. The third kappa shape index (κ3) is 3.95. The first-order valence-electron chi connectivity index (χ1n) is 4.48. The van der Waals surface area contributed by atoms with Gasteiger partial charge < -0.3 is 0 Å². The van der Waals surface area contributed by atoms with Crippen LogP contribution in [0.25, 0.3) is 0 Å². The number of halogens is 1. The summed E-state index contributed by atoms with van der Waals surface area (Å²) in [6.07, 6.45) is 0.904. The van der Waals surface area contributed by atoms with Gasteiger partial charge in [0.2, 0.25) is 0 Å². The van der Waals surface area contributed by atoms with Crippen molar-refractivity contribution in [3.05, 3.63) is 38.4 Å². The van der Waals surface area contributed by atoms with Gasteiger partial charge in [0.15, 0.2) is 0 Å². The second kappa shape index (κ2) is 4.99. The lowest BCUT2D eigenvalue weighted by Crippen LogP contribution is -2.05. The smallest absolute Gasteiger partial charge is 0.265 e. The summed E-state index contributed by atoms with van der Waals surface area (Å²) < 4.78 is 26.2. The minimum Gasteiger partial charge on any atom is -0.265 e. The van der Waals surface area contributed by atoms with Crippen LogP contribution in [-0.4, -0.2) is 19.6 Å². The Balaban J connectivity index is 3.12. The van der Waals surface area contributed by atoms with Crippen molar-refractivity contribution in [2.75, 3.05) is 6.26 Å². The number of nitrogens with zero attached hydrogens (tertiary/aromatic N) is 1. The maximum atomic E-state index is 10.8. The summed E-state index contributed by atoms with van der Waals surface area (Å²) in [6.45, 7) is 1.24. The van der Waals surface area contributed by atoms with Gasteiger partial charge in [-0.2, -0.15) is 8.42 Å². The molecule has 6 nitrogen and oxygen atoms in total. The summed E-state index contributed by atoms with van der Waals surface area (Å²) in [5, 5.41) is 10.9. The van der Waals surface area contributed by atoms with Gasteiger partial charge in [0.25, 0.3) is 15.8 Å². The standard InChI is InChI=1S/C9H10ClNO5S/c1-6-7(5-16-17(2,14)15)3-8(10)4-9(6)11(12)13/h3-4H,5H2,1-2H3. The molecule has 0 unspecified atom stereocenters. The Labute approximate surface area is 103 Å². The Morgan fingerprint density at radius 2 is 2.06 bits per heavy atom. The van der Waals surface area contributed by atoms with Gasteiger partial charge in [-0.1, -0.05) is 11.6 Å². The van der Waals surface area contributed by atoms with Crippen molar-refractivity contribution in [3.63, 3.8) is 0 Å². The molecule has 0 N–H and O–H groups in total. The van der Waals surface area contributed by atoms with Crippen molar-refractivity contribution in [1.29, 1.82) is 0 Å². The van der Waals surface area contributed by atoms with Crippen LogP contribution in [0.15, 0.2) is 12.1 Å². The molecule has 1 rings (SSSR count). The fourth-order valence-electron chi connectivity index (χ4n) is 1.23. The van der Waals surface area contributed by atoms with E-state index in [1.54, 1.807) is 0 Å². The van der Waals surface area contributed by atoms with E-state index in [-0.39, 0.29) is 17.3 Å². The average Bonchev–Trinajstić information content (AvgIpc) is 2.17. The van der Waals surface area contributed by atoms with Gasteiger partial charge in [-0.3, -0.25) is 14.3 Å². The molecule has 0 aromatic heterocycles. The molecule has 0 aliphatic heterocycles. The van der Waals surface area contributed by atoms with E-state index in [0.717, 1.165) is 6.26 Å². The lowest BCUT2D eigenvalue weighted by atomic mass is 10.1. The fraction of sp³-hybridized carbons (Fsp3) is 0.333.